The molecular weight excluding hydrogens is 844 g/mol. The zero-order valence-corrected chi connectivity index (χ0v) is 38.7. The van der Waals surface area contributed by atoms with Crippen molar-refractivity contribution in [1.82, 2.24) is 30.3 Å². The molecule has 0 aliphatic carbocycles. The minimum absolute atomic E-state index is 0.0432. The number of ether oxygens (including phenoxy) is 4. The fraction of sp³-hybridized carbons (Fsp3) is 0.643. The second-order valence-electron chi connectivity index (χ2n) is 15.6. The minimum Gasteiger partial charge on any atom is -0.382 e. The van der Waals surface area contributed by atoms with Gasteiger partial charge in [-0.3, -0.25) is 9.80 Å². The molecule has 0 radical (unpaired) electrons. The highest BCUT2D eigenvalue weighted by atomic mass is 35.5. The van der Waals surface area contributed by atoms with Crippen LogP contribution in [0.2, 0.25) is 10.0 Å². The number of aromatic nitrogens is 3. The predicted octanol–water partition coefficient (Wildman–Crippen LogP) is 5.54. The van der Waals surface area contributed by atoms with Crippen molar-refractivity contribution in [2.24, 2.45) is 4.36 Å². The molecule has 0 saturated carbocycles. The maximum absolute atomic E-state index is 8.04. The lowest BCUT2D eigenvalue weighted by molar-refractivity contribution is -0.103. The first-order valence-corrected chi connectivity index (χ1v) is 24.7. The third-order valence-corrected chi connectivity index (χ3v) is 14.5. The summed E-state index contributed by atoms with van der Waals surface area (Å²) in [7, 11) is 3.44. The van der Waals surface area contributed by atoms with Crippen LogP contribution in [-0.4, -0.2) is 159 Å². The number of anilines is 2. The molecule has 3 aromatic rings. The lowest BCUT2D eigenvalue weighted by Gasteiger charge is -2.46. The Hall–Kier alpha value is -2.53. The number of nitrogen functional groups attached to an aromatic ring is 1. The van der Waals surface area contributed by atoms with Gasteiger partial charge in [-0.2, -0.15) is 26.4 Å². The van der Waals surface area contributed by atoms with Gasteiger partial charge in [0.05, 0.1) is 43.7 Å². The number of nitrogens with zero attached hydrogens (tertiary/aromatic N) is 7. The Kier molecular flexibility index (Phi) is 21.2. The van der Waals surface area contributed by atoms with Gasteiger partial charge in [-0.25, -0.2) is 5.10 Å². The predicted molar refractivity (Wildman–Crippen MR) is 246 cm³/mol. The molecule has 2 aromatic carbocycles. The molecule has 4 aliphatic rings. The minimum atomic E-state index is -0.0432. The highest BCUT2D eigenvalue weighted by molar-refractivity contribution is 8.10. The molecule has 14 nitrogen and oxygen atoms in total. The van der Waals surface area contributed by atoms with E-state index in [2.05, 4.69) is 63.8 Å². The molecule has 332 valence electrons. The molecule has 7 rings (SSSR count). The van der Waals surface area contributed by atoms with E-state index in [0.29, 0.717) is 55.9 Å². The standard InChI is InChI=1S/C20H29ClN6O2.C18H27ClN2O2.C4H8N2S2/c1-28-13-18-11-27(17(12-29-18)10-14-2-4-15(21)5-3-14)16-6-8-26(9-7-16)20-23-19(22)24-25-20;1-22-13-18-11-21(16-6-8-20-9-7-16)17(12-23-18)10-14-2-4-15(19)5-3-14;1-7-4-8(2)6-3-5/h2-5,16-18H,6-13H2,1H3,(H3,22,23,24,25);2-5,16-18,20H,6-13H2,1H3;4H2,1-2H3/t2*17?,18-;/m11./s1. The topological polar surface area (TPSA) is 162 Å². The fourth-order valence-corrected chi connectivity index (χ4v) is 10.3. The SMILES string of the molecule is COC[C@H]1CN(C2CCN(c3n[nH]c(N)n3)CC2)C(Cc2ccc(Cl)cc2)CO1.COC[C@H]1CN(C2CCNCC2)C(Cc2ccc(Cl)cc2)CO1.CSCS(C)=NC#N. The second kappa shape index (κ2) is 26.2. The van der Waals surface area contributed by atoms with Crippen LogP contribution < -0.4 is 16.0 Å². The highest BCUT2D eigenvalue weighted by Gasteiger charge is 2.37. The number of nitrogens with one attached hydrogen (secondary N) is 2. The lowest BCUT2D eigenvalue weighted by atomic mass is 9.96. The number of halogens is 2. The van der Waals surface area contributed by atoms with Crippen LogP contribution in [0.5, 0.6) is 0 Å². The summed E-state index contributed by atoms with van der Waals surface area (Å²) >= 11 is 13.8. The third-order valence-electron chi connectivity index (χ3n) is 11.3. The Morgan fingerprint density at radius 1 is 0.867 bits per heavy atom. The lowest BCUT2D eigenvalue weighted by Crippen LogP contribution is -2.58. The van der Waals surface area contributed by atoms with Crippen molar-refractivity contribution in [2.75, 3.05) is 108 Å². The van der Waals surface area contributed by atoms with Crippen LogP contribution in [0.3, 0.4) is 0 Å². The largest absolute Gasteiger partial charge is 0.382 e. The van der Waals surface area contributed by atoms with Crippen molar-refractivity contribution < 1.29 is 18.9 Å². The maximum Gasteiger partial charge on any atom is 0.246 e. The average molecular weight is 908 g/mol. The van der Waals surface area contributed by atoms with E-state index in [4.69, 9.17) is 53.1 Å². The summed E-state index contributed by atoms with van der Waals surface area (Å²) in [5.41, 5.74) is 8.29. The van der Waals surface area contributed by atoms with Gasteiger partial charge in [0.1, 0.15) is 0 Å². The highest BCUT2D eigenvalue weighted by Crippen LogP contribution is 2.28. The molecule has 4 N–H and O–H groups in total. The van der Waals surface area contributed by atoms with Crippen LogP contribution in [0.15, 0.2) is 52.9 Å². The molecule has 3 unspecified atom stereocenters. The van der Waals surface area contributed by atoms with E-state index < -0.39 is 0 Å². The van der Waals surface area contributed by atoms with Gasteiger partial charge in [-0.15, -0.1) is 5.10 Å². The molecular formula is C42H64Cl2N10O4S2. The normalized spacial score (nSPS) is 23.9. The van der Waals surface area contributed by atoms with Crippen LogP contribution in [0.1, 0.15) is 36.8 Å². The Morgan fingerprint density at radius 2 is 1.37 bits per heavy atom. The number of nitrogens with two attached hydrogens (primary N) is 1. The molecule has 0 amide bonds. The Bertz CT molecular complexity index is 1740. The van der Waals surface area contributed by atoms with Crippen LogP contribution in [-0.2, 0) is 42.5 Å². The Labute approximate surface area is 373 Å². The van der Waals surface area contributed by atoms with Crippen LogP contribution in [0.25, 0.3) is 0 Å². The number of aromatic amines is 1. The van der Waals surface area contributed by atoms with E-state index in [9.17, 15) is 0 Å². The van der Waals surface area contributed by atoms with Crippen LogP contribution in [0, 0.1) is 11.5 Å². The summed E-state index contributed by atoms with van der Waals surface area (Å²) in [5.74, 6) is 1.05. The monoisotopic (exact) mass is 906 g/mol. The Balaban J connectivity index is 0.000000197. The first kappa shape index (κ1) is 48.5. The number of hydrogen-bond acceptors (Lipinski definition) is 14. The van der Waals surface area contributed by atoms with Gasteiger partial charge in [0.25, 0.3) is 0 Å². The number of benzene rings is 2. The second-order valence-corrected chi connectivity index (χ2v) is 19.4. The number of hydrogen-bond donors (Lipinski definition) is 3. The summed E-state index contributed by atoms with van der Waals surface area (Å²) in [6, 6.07) is 18.3. The summed E-state index contributed by atoms with van der Waals surface area (Å²) < 4.78 is 26.4. The number of methoxy groups -OCH3 is 2. The summed E-state index contributed by atoms with van der Waals surface area (Å²) in [5, 5.41) is 21.0. The molecule has 4 saturated heterocycles. The van der Waals surface area contributed by atoms with E-state index >= 15 is 0 Å². The van der Waals surface area contributed by atoms with Crippen molar-refractivity contribution in [3.05, 3.63) is 69.7 Å². The van der Waals surface area contributed by atoms with E-state index in [1.165, 1.54) is 24.0 Å². The number of piperidine rings is 2. The number of H-pyrrole nitrogens is 1. The summed E-state index contributed by atoms with van der Waals surface area (Å²) in [4.78, 5) is 11.8. The van der Waals surface area contributed by atoms with Gasteiger partial charge in [-0.1, -0.05) is 58.2 Å². The van der Waals surface area contributed by atoms with Gasteiger partial charge >= 0.3 is 0 Å². The van der Waals surface area contributed by atoms with Crippen molar-refractivity contribution in [3.63, 3.8) is 0 Å². The molecule has 5 heterocycles. The zero-order valence-electron chi connectivity index (χ0n) is 35.5. The van der Waals surface area contributed by atoms with Gasteiger partial charge in [-0.05, 0) is 99.5 Å². The van der Waals surface area contributed by atoms with E-state index in [1.807, 2.05) is 36.8 Å². The molecule has 1 aromatic heterocycles. The Morgan fingerprint density at radius 3 is 1.80 bits per heavy atom. The van der Waals surface area contributed by atoms with Gasteiger partial charge in [0.2, 0.25) is 18.1 Å². The molecule has 18 heteroatoms. The maximum atomic E-state index is 8.04. The molecule has 5 atom stereocenters. The average Bonchev–Trinajstić information content (AvgIpc) is 3.71. The summed E-state index contributed by atoms with van der Waals surface area (Å²) in [6.45, 7) is 8.73. The number of morpholine rings is 2. The van der Waals surface area contributed by atoms with Crippen molar-refractivity contribution in [1.29, 1.82) is 5.26 Å². The van der Waals surface area contributed by atoms with Gasteiger partial charge < -0.3 is 34.9 Å². The zero-order chi connectivity index (χ0) is 42.7. The molecule has 0 bridgehead atoms. The van der Waals surface area contributed by atoms with Crippen molar-refractivity contribution in [3.8, 4) is 6.19 Å². The molecule has 60 heavy (non-hydrogen) atoms. The van der Waals surface area contributed by atoms with Gasteiger partial charge in [0.15, 0.2) is 0 Å². The fourth-order valence-electron chi connectivity index (χ4n) is 8.37. The van der Waals surface area contributed by atoms with Gasteiger partial charge in [0, 0.05) is 74.6 Å². The molecule has 0 spiro atoms. The van der Waals surface area contributed by atoms with E-state index in [-0.39, 0.29) is 22.9 Å². The smallest absolute Gasteiger partial charge is 0.246 e. The first-order valence-electron chi connectivity index (χ1n) is 20.8. The number of thioether (sulfide) groups is 1. The van der Waals surface area contributed by atoms with E-state index in [1.54, 1.807) is 32.2 Å². The number of nitriles is 1. The van der Waals surface area contributed by atoms with Crippen LogP contribution >= 0.6 is 35.0 Å². The quantitative estimate of drug-likeness (QED) is 0.184. The van der Waals surface area contributed by atoms with Crippen LogP contribution in [0.4, 0.5) is 11.9 Å². The first-order chi connectivity index (χ1) is 29.2. The van der Waals surface area contributed by atoms with Crippen molar-refractivity contribution in [2.45, 2.75) is 74.9 Å². The summed E-state index contributed by atoms with van der Waals surface area (Å²) in [6.07, 6.45) is 12.6. The van der Waals surface area contributed by atoms with E-state index in [0.717, 1.165) is 86.7 Å². The van der Waals surface area contributed by atoms with Crippen molar-refractivity contribution >= 4 is 57.6 Å². The third kappa shape index (κ3) is 15.7. The molecule has 4 aliphatic heterocycles. The molecule has 4 fully saturated rings. The number of rotatable bonds is 13.